The van der Waals surface area contributed by atoms with Crippen LogP contribution in [0.2, 0.25) is 0 Å². The maximum Gasteiger partial charge on any atom is 0.320 e. The number of aliphatic carboxylic acids is 1. The normalized spacial score (nSPS) is 12.1. The zero-order valence-corrected chi connectivity index (χ0v) is 7.81. The van der Waals surface area contributed by atoms with Crippen molar-refractivity contribution in [2.75, 3.05) is 0 Å². The Hall–Kier alpha value is -1.75. The summed E-state index contributed by atoms with van der Waals surface area (Å²) in [4.78, 5) is 21.8. The standard InChI is InChI=1S/C10H10FNO3/c11-7-4-2-1-3-6(7)9(13)5-8(12)10(14)15/h1-4,8H,5,12H2,(H,14,15)/t8-/m1/s1. The van der Waals surface area contributed by atoms with E-state index < -0.39 is 30.0 Å². The molecule has 0 aliphatic rings. The van der Waals surface area contributed by atoms with Gasteiger partial charge in [0.05, 0.1) is 5.56 Å². The molecule has 3 N–H and O–H groups in total. The molecule has 1 aromatic carbocycles. The quantitative estimate of drug-likeness (QED) is 0.722. The van der Waals surface area contributed by atoms with Crippen molar-refractivity contribution in [2.45, 2.75) is 12.5 Å². The summed E-state index contributed by atoms with van der Waals surface area (Å²) < 4.78 is 13.1. The maximum atomic E-state index is 13.1. The van der Waals surface area contributed by atoms with Gasteiger partial charge < -0.3 is 10.8 Å². The highest BCUT2D eigenvalue weighted by molar-refractivity contribution is 5.98. The number of carboxylic acid groups (broad SMARTS) is 1. The van der Waals surface area contributed by atoms with Crippen molar-refractivity contribution in [1.29, 1.82) is 0 Å². The van der Waals surface area contributed by atoms with Gasteiger partial charge in [-0.3, -0.25) is 9.59 Å². The molecule has 5 heteroatoms. The lowest BCUT2D eigenvalue weighted by Gasteiger charge is -2.05. The molecular weight excluding hydrogens is 201 g/mol. The summed E-state index contributed by atoms with van der Waals surface area (Å²) in [6.45, 7) is 0. The second kappa shape index (κ2) is 4.65. The number of rotatable bonds is 4. The Morgan fingerprint density at radius 2 is 2.00 bits per heavy atom. The molecule has 1 atom stereocenters. The van der Waals surface area contributed by atoms with E-state index in [2.05, 4.69) is 0 Å². The lowest BCUT2D eigenvalue weighted by atomic mass is 10.0. The average Bonchev–Trinajstić information content (AvgIpc) is 2.18. The monoisotopic (exact) mass is 211 g/mol. The third-order valence-corrected chi connectivity index (χ3v) is 1.90. The van der Waals surface area contributed by atoms with Gasteiger partial charge in [-0.1, -0.05) is 12.1 Å². The van der Waals surface area contributed by atoms with Crippen LogP contribution >= 0.6 is 0 Å². The molecule has 80 valence electrons. The van der Waals surface area contributed by atoms with Gasteiger partial charge in [-0.25, -0.2) is 4.39 Å². The molecule has 0 saturated carbocycles. The fourth-order valence-corrected chi connectivity index (χ4v) is 1.08. The fourth-order valence-electron chi connectivity index (χ4n) is 1.08. The van der Waals surface area contributed by atoms with E-state index in [4.69, 9.17) is 10.8 Å². The van der Waals surface area contributed by atoms with Gasteiger partial charge in [-0.2, -0.15) is 0 Å². The summed E-state index contributed by atoms with van der Waals surface area (Å²) in [7, 11) is 0. The maximum absolute atomic E-state index is 13.1. The van der Waals surface area contributed by atoms with E-state index in [-0.39, 0.29) is 5.56 Å². The van der Waals surface area contributed by atoms with E-state index in [0.717, 1.165) is 6.07 Å². The van der Waals surface area contributed by atoms with Crippen LogP contribution in [0.4, 0.5) is 4.39 Å². The van der Waals surface area contributed by atoms with Crippen LogP contribution in [0.15, 0.2) is 24.3 Å². The molecule has 0 fully saturated rings. The summed E-state index contributed by atoms with van der Waals surface area (Å²) in [6.07, 6.45) is -0.406. The number of hydrogen-bond donors (Lipinski definition) is 2. The SMILES string of the molecule is N[C@H](CC(=O)c1ccccc1F)C(=O)O. The van der Waals surface area contributed by atoms with Crippen LogP contribution in [-0.2, 0) is 4.79 Å². The van der Waals surface area contributed by atoms with E-state index >= 15 is 0 Å². The second-order valence-electron chi connectivity index (χ2n) is 3.05. The Morgan fingerprint density at radius 3 is 2.53 bits per heavy atom. The number of hydrogen-bond acceptors (Lipinski definition) is 3. The molecular formula is C10H10FNO3. The van der Waals surface area contributed by atoms with Crippen LogP contribution in [0, 0.1) is 5.82 Å². The minimum atomic E-state index is -1.29. The van der Waals surface area contributed by atoms with Gasteiger partial charge in [0.1, 0.15) is 11.9 Å². The molecule has 0 spiro atoms. The number of halogens is 1. The van der Waals surface area contributed by atoms with Gasteiger partial charge in [0, 0.05) is 6.42 Å². The van der Waals surface area contributed by atoms with E-state index in [9.17, 15) is 14.0 Å². The van der Waals surface area contributed by atoms with Crippen molar-refractivity contribution in [3.05, 3.63) is 35.6 Å². The van der Waals surface area contributed by atoms with Crippen molar-refractivity contribution in [2.24, 2.45) is 5.73 Å². The van der Waals surface area contributed by atoms with Crippen LogP contribution in [-0.4, -0.2) is 22.9 Å². The number of carboxylic acids is 1. The molecule has 0 aliphatic carbocycles. The molecule has 0 radical (unpaired) electrons. The first kappa shape index (κ1) is 11.3. The molecule has 0 unspecified atom stereocenters. The number of carbonyl (C=O) groups excluding carboxylic acids is 1. The van der Waals surface area contributed by atoms with Gasteiger partial charge in [0.25, 0.3) is 0 Å². The van der Waals surface area contributed by atoms with Crippen LogP contribution < -0.4 is 5.73 Å². The molecule has 15 heavy (non-hydrogen) atoms. The van der Waals surface area contributed by atoms with Gasteiger partial charge in [-0.05, 0) is 12.1 Å². The van der Waals surface area contributed by atoms with Crippen molar-refractivity contribution in [1.82, 2.24) is 0 Å². The van der Waals surface area contributed by atoms with Crippen LogP contribution in [0.5, 0.6) is 0 Å². The fraction of sp³-hybridized carbons (Fsp3) is 0.200. The Kier molecular flexibility index (Phi) is 3.51. The van der Waals surface area contributed by atoms with E-state index in [1.54, 1.807) is 0 Å². The number of Topliss-reactive ketones (excluding diaryl/α,β-unsaturated/α-hetero) is 1. The van der Waals surface area contributed by atoms with E-state index in [0.29, 0.717) is 0 Å². The average molecular weight is 211 g/mol. The van der Waals surface area contributed by atoms with Crippen molar-refractivity contribution < 1.29 is 19.1 Å². The van der Waals surface area contributed by atoms with E-state index in [1.165, 1.54) is 18.2 Å². The number of ketones is 1. The second-order valence-corrected chi connectivity index (χ2v) is 3.05. The summed E-state index contributed by atoms with van der Waals surface area (Å²) in [6, 6.07) is 4.09. The highest BCUT2D eigenvalue weighted by Crippen LogP contribution is 2.09. The molecule has 0 aliphatic heterocycles. The third kappa shape index (κ3) is 2.85. The Labute approximate surface area is 85.5 Å². The first-order valence-corrected chi connectivity index (χ1v) is 4.28. The number of benzene rings is 1. The molecule has 0 saturated heterocycles. The predicted molar refractivity (Wildman–Crippen MR) is 51.0 cm³/mol. The van der Waals surface area contributed by atoms with Gasteiger partial charge in [0.15, 0.2) is 5.78 Å². The van der Waals surface area contributed by atoms with Gasteiger partial charge in [-0.15, -0.1) is 0 Å². The molecule has 0 heterocycles. The van der Waals surface area contributed by atoms with E-state index in [1.807, 2.05) is 0 Å². The third-order valence-electron chi connectivity index (χ3n) is 1.90. The smallest absolute Gasteiger partial charge is 0.320 e. The molecule has 0 aromatic heterocycles. The minimum absolute atomic E-state index is 0.130. The van der Waals surface area contributed by atoms with Crippen LogP contribution in [0.25, 0.3) is 0 Å². The summed E-state index contributed by atoms with van der Waals surface area (Å²) in [5, 5.41) is 8.48. The van der Waals surface area contributed by atoms with Crippen LogP contribution in [0.1, 0.15) is 16.8 Å². The van der Waals surface area contributed by atoms with Crippen molar-refractivity contribution in [3.8, 4) is 0 Å². The Balaban J connectivity index is 2.78. The predicted octanol–water partition coefficient (Wildman–Crippen LogP) is 0.810. The number of carbonyl (C=O) groups is 2. The molecule has 4 nitrogen and oxygen atoms in total. The zero-order valence-electron chi connectivity index (χ0n) is 7.81. The molecule has 0 bridgehead atoms. The minimum Gasteiger partial charge on any atom is -0.480 e. The summed E-state index contributed by atoms with van der Waals surface area (Å²) in [5.74, 6) is -2.55. The van der Waals surface area contributed by atoms with Crippen molar-refractivity contribution >= 4 is 11.8 Å². The molecule has 0 amide bonds. The van der Waals surface area contributed by atoms with Crippen molar-refractivity contribution in [3.63, 3.8) is 0 Å². The highest BCUT2D eigenvalue weighted by Gasteiger charge is 2.19. The largest absolute Gasteiger partial charge is 0.480 e. The van der Waals surface area contributed by atoms with Crippen LogP contribution in [0.3, 0.4) is 0 Å². The Bertz CT molecular complexity index is 392. The topological polar surface area (TPSA) is 80.4 Å². The summed E-state index contributed by atoms with van der Waals surface area (Å²) in [5.41, 5.74) is 5.03. The zero-order chi connectivity index (χ0) is 11.4. The lowest BCUT2D eigenvalue weighted by Crippen LogP contribution is -2.32. The Morgan fingerprint density at radius 1 is 1.40 bits per heavy atom. The summed E-state index contributed by atoms with van der Waals surface area (Å²) >= 11 is 0. The highest BCUT2D eigenvalue weighted by atomic mass is 19.1. The first-order chi connectivity index (χ1) is 7.02. The number of nitrogens with two attached hydrogens (primary N) is 1. The van der Waals surface area contributed by atoms with Gasteiger partial charge >= 0.3 is 5.97 Å². The van der Waals surface area contributed by atoms with Gasteiger partial charge in [0.2, 0.25) is 0 Å². The lowest BCUT2D eigenvalue weighted by molar-refractivity contribution is -0.138. The molecule has 1 rings (SSSR count). The first-order valence-electron chi connectivity index (χ1n) is 4.28. The molecule has 1 aromatic rings.